The molecule has 4 rings (SSSR count). The van der Waals surface area contributed by atoms with E-state index in [0.29, 0.717) is 25.5 Å². The SMILES string of the molecule is Cc1ccc(Oc2cc(N(C)CCOc3ccc(CC4SC(=O)CC4=O)cc3)ncn2)cc1. The van der Waals surface area contributed by atoms with Crippen LogP contribution in [-0.2, 0) is 16.0 Å². The number of carbonyl (C=O) groups is 2. The van der Waals surface area contributed by atoms with Crippen molar-refractivity contribution in [1.29, 1.82) is 0 Å². The van der Waals surface area contributed by atoms with Crippen LogP contribution in [-0.4, -0.2) is 46.3 Å². The number of hydrogen-bond donors (Lipinski definition) is 0. The van der Waals surface area contributed by atoms with Crippen molar-refractivity contribution >= 4 is 28.5 Å². The van der Waals surface area contributed by atoms with Crippen molar-refractivity contribution in [2.75, 3.05) is 25.1 Å². The zero-order valence-electron chi connectivity index (χ0n) is 18.6. The second-order valence-electron chi connectivity index (χ2n) is 7.87. The first-order chi connectivity index (χ1) is 16.0. The highest BCUT2D eigenvalue weighted by Gasteiger charge is 2.31. The van der Waals surface area contributed by atoms with Gasteiger partial charge in [0.2, 0.25) is 5.88 Å². The van der Waals surface area contributed by atoms with Crippen LogP contribution in [0.5, 0.6) is 17.4 Å². The van der Waals surface area contributed by atoms with Crippen molar-refractivity contribution in [3.05, 3.63) is 72.1 Å². The zero-order valence-corrected chi connectivity index (χ0v) is 19.4. The number of carbonyl (C=O) groups excluding carboxylic acids is 2. The van der Waals surface area contributed by atoms with E-state index in [1.807, 2.05) is 67.4 Å². The van der Waals surface area contributed by atoms with Gasteiger partial charge in [-0.2, -0.15) is 0 Å². The Labute approximate surface area is 197 Å². The fourth-order valence-corrected chi connectivity index (χ4v) is 4.38. The number of ether oxygens (including phenoxy) is 2. The van der Waals surface area contributed by atoms with E-state index < -0.39 is 0 Å². The molecule has 0 spiro atoms. The van der Waals surface area contributed by atoms with Crippen LogP contribution < -0.4 is 14.4 Å². The summed E-state index contributed by atoms with van der Waals surface area (Å²) in [6.07, 6.45) is 2.10. The molecule has 0 bridgehead atoms. The Bertz CT molecular complexity index is 1120. The Morgan fingerprint density at radius 1 is 1.03 bits per heavy atom. The Balaban J connectivity index is 1.26. The summed E-state index contributed by atoms with van der Waals surface area (Å²) < 4.78 is 11.7. The van der Waals surface area contributed by atoms with E-state index in [-0.39, 0.29) is 22.6 Å². The Morgan fingerprint density at radius 2 is 1.76 bits per heavy atom. The van der Waals surface area contributed by atoms with Crippen LogP contribution in [0.3, 0.4) is 0 Å². The Kier molecular flexibility index (Phi) is 7.24. The number of aryl methyl sites for hydroxylation is 1. The second-order valence-corrected chi connectivity index (χ2v) is 9.13. The van der Waals surface area contributed by atoms with E-state index in [1.54, 1.807) is 6.07 Å². The first-order valence-corrected chi connectivity index (χ1v) is 11.6. The van der Waals surface area contributed by atoms with E-state index in [1.165, 1.54) is 11.9 Å². The highest BCUT2D eigenvalue weighted by Crippen LogP contribution is 2.28. The molecule has 1 aromatic heterocycles. The molecule has 0 radical (unpaired) electrons. The van der Waals surface area contributed by atoms with E-state index >= 15 is 0 Å². The fourth-order valence-electron chi connectivity index (χ4n) is 3.35. The standard InChI is InChI=1S/C25H25N3O4S/c1-17-3-7-20(8-4-17)32-24-15-23(26-16-27-24)28(2)11-12-31-19-9-5-18(6-10-19)13-22-21(29)14-25(30)33-22/h3-10,15-16,22H,11-14H2,1-2H3. The van der Waals surface area contributed by atoms with E-state index in [9.17, 15) is 9.59 Å². The molecule has 7 nitrogen and oxygen atoms in total. The van der Waals surface area contributed by atoms with E-state index in [2.05, 4.69) is 9.97 Å². The van der Waals surface area contributed by atoms with Gasteiger partial charge in [0.1, 0.15) is 30.3 Å². The van der Waals surface area contributed by atoms with Crippen molar-refractivity contribution in [2.24, 2.45) is 0 Å². The minimum absolute atomic E-state index is 0.0190. The highest BCUT2D eigenvalue weighted by molar-refractivity contribution is 8.15. The maximum Gasteiger partial charge on any atom is 0.224 e. The van der Waals surface area contributed by atoms with E-state index in [4.69, 9.17) is 9.47 Å². The summed E-state index contributed by atoms with van der Waals surface area (Å²) in [5.41, 5.74) is 2.18. The van der Waals surface area contributed by atoms with Crippen LogP contribution in [0.4, 0.5) is 5.82 Å². The predicted molar refractivity (Wildman–Crippen MR) is 128 cm³/mol. The van der Waals surface area contributed by atoms with Gasteiger partial charge in [-0.25, -0.2) is 9.97 Å². The molecule has 1 aliphatic heterocycles. The molecule has 2 heterocycles. The number of likely N-dealkylation sites (N-methyl/N-ethyl adjacent to an activating group) is 1. The number of aromatic nitrogens is 2. The van der Waals surface area contributed by atoms with E-state index in [0.717, 1.165) is 34.6 Å². The normalized spacial score (nSPS) is 15.5. The molecule has 170 valence electrons. The Morgan fingerprint density at radius 3 is 2.45 bits per heavy atom. The predicted octanol–water partition coefficient (Wildman–Crippen LogP) is 4.24. The molecule has 0 saturated carbocycles. The molecule has 8 heteroatoms. The molecule has 1 aliphatic rings. The number of nitrogens with zero attached hydrogens (tertiary/aromatic N) is 3. The monoisotopic (exact) mass is 463 g/mol. The lowest BCUT2D eigenvalue weighted by molar-refractivity contribution is -0.121. The van der Waals surface area contributed by atoms with Crippen LogP contribution >= 0.6 is 11.8 Å². The van der Waals surface area contributed by atoms with Crippen molar-refractivity contribution in [1.82, 2.24) is 9.97 Å². The topological polar surface area (TPSA) is 81.6 Å². The minimum atomic E-state index is -0.259. The lowest BCUT2D eigenvalue weighted by Crippen LogP contribution is -2.24. The van der Waals surface area contributed by atoms with Gasteiger partial charge in [0.05, 0.1) is 18.2 Å². The molecule has 0 N–H and O–H groups in total. The third-order valence-electron chi connectivity index (χ3n) is 5.25. The molecule has 3 aromatic rings. The third kappa shape index (κ3) is 6.32. The van der Waals surface area contributed by atoms with Gasteiger partial charge in [-0.3, -0.25) is 9.59 Å². The van der Waals surface area contributed by atoms with Gasteiger partial charge in [-0.1, -0.05) is 41.6 Å². The summed E-state index contributed by atoms with van der Waals surface area (Å²) >= 11 is 1.14. The van der Waals surface area contributed by atoms with Crippen LogP contribution in [0.2, 0.25) is 0 Å². The number of anilines is 1. The molecule has 0 amide bonds. The second kappa shape index (κ2) is 10.5. The van der Waals surface area contributed by atoms with Gasteiger partial charge in [-0.15, -0.1) is 0 Å². The maximum absolute atomic E-state index is 11.8. The summed E-state index contributed by atoms with van der Waals surface area (Å²) in [7, 11) is 1.93. The summed E-state index contributed by atoms with van der Waals surface area (Å²) in [6, 6.07) is 17.2. The molecule has 1 atom stereocenters. The number of thioether (sulfide) groups is 1. The minimum Gasteiger partial charge on any atom is -0.492 e. The lowest BCUT2D eigenvalue weighted by Gasteiger charge is -2.18. The number of Topliss-reactive ketones (excluding diaryl/α,β-unsaturated/α-hetero) is 1. The van der Waals surface area contributed by atoms with Crippen LogP contribution in [0.15, 0.2) is 60.9 Å². The number of ketones is 1. The third-order valence-corrected chi connectivity index (χ3v) is 6.37. The van der Waals surface area contributed by atoms with Gasteiger partial charge < -0.3 is 14.4 Å². The Hall–Kier alpha value is -3.39. The summed E-state index contributed by atoms with van der Waals surface area (Å²) in [4.78, 5) is 33.7. The maximum atomic E-state index is 11.8. The van der Waals surface area contributed by atoms with Gasteiger partial charge in [0, 0.05) is 13.1 Å². The first-order valence-electron chi connectivity index (χ1n) is 10.7. The first kappa shape index (κ1) is 22.8. The molecule has 33 heavy (non-hydrogen) atoms. The lowest BCUT2D eigenvalue weighted by atomic mass is 10.1. The number of benzene rings is 2. The van der Waals surface area contributed by atoms with Crippen molar-refractivity contribution < 1.29 is 19.1 Å². The highest BCUT2D eigenvalue weighted by atomic mass is 32.2. The summed E-state index contributed by atoms with van der Waals surface area (Å²) in [5, 5.41) is -0.294. The smallest absolute Gasteiger partial charge is 0.224 e. The zero-order chi connectivity index (χ0) is 23.2. The molecule has 1 fully saturated rings. The van der Waals surface area contributed by atoms with Gasteiger partial charge in [0.15, 0.2) is 10.9 Å². The summed E-state index contributed by atoms with van der Waals surface area (Å²) in [6.45, 7) is 3.12. The molecular formula is C25H25N3O4S. The van der Waals surface area contributed by atoms with Gasteiger partial charge in [0.25, 0.3) is 0 Å². The number of hydrogen-bond acceptors (Lipinski definition) is 8. The number of rotatable bonds is 9. The fraction of sp³-hybridized carbons (Fsp3) is 0.280. The molecule has 1 unspecified atom stereocenters. The van der Waals surface area contributed by atoms with Gasteiger partial charge in [-0.05, 0) is 43.2 Å². The molecular weight excluding hydrogens is 438 g/mol. The van der Waals surface area contributed by atoms with Gasteiger partial charge >= 0.3 is 0 Å². The molecule has 2 aromatic carbocycles. The quantitative estimate of drug-likeness (QED) is 0.436. The van der Waals surface area contributed by atoms with Crippen LogP contribution in [0, 0.1) is 6.92 Å². The van der Waals surface area contributed by atoms with Crippen molar-refractivity contribution in [2.45, 2.75) is 25.0 Å². The average molecular weight is 464 g/mol. The van der Waals surface area contributed by atoms with Crippen molar-refractivity contribution in [3.63, 3.8) is 0 Å². The largest absolute Gasteiger partial charge is 0.492 e. The van der Waals surface area contributed by atoms with Crippen LogP contribution in [0.25, 0.3) is 0 Å². The van der Waals surface area contributed by atoms with Crippen molar-refractivity contribution in [3.8, 4) is 17.4 Å². The molecule has 0 aliphatic carbocycles. The average Bonchev–Trinajstić information content (AvgIpc) is 3.13. The molecule has 1 saturated heterocycles. The van der Waals surface area contributed by atoms with Crippen LogP contribution in [0.1, 0.15) is 17.5 Å². The summed E-state index contributed by atoms with van der Waals surface area (Å²) in [5.74, 6) is 2.71.